The first-order chi connectivity index (χ1) is 52.6. The zero-order chi connectivity index (χ0) is 84.2. The van der Waals surface area contributed by atoms with Gasteiger partial charge in [-0.3, -0.25) is 0 Å². The van der Waals surface area contributed by atoms with Crippen LogP contribution in [0.4, 0.5) is 93.0 Å². The van der Waals surface area contributed by atoms with Gasteiger partial charge >= 0.3 is 0 Å². The van der Waals surface area contributed by atoms with Crippen molar-refractivity contribution in [1.82, 2.24) is 0 Å². The molecule has 0 amide bonds. The molecule has 8 aromatic carbocycles. The van der Waals surface area contributed by atoms with E-state index in [0.717, 1.165) is 78.1 Å². The number of rotatable bonds is 36. The SMILES string of the molecule is C=Cc1ccc([N-]CC(C)(F)F)cc1.C=Cc1ccc([N-]CC(F)(F)CC(C)(F)F)cc1.C=Cc1ccc([N-]CC(F)(F)CC)cc1.C=Cc1ccc([N-]CC)cc1.CC(F)(F)CC(F)(F)C[N-]Cc1ccccc1.CC(F)(F)C[N-]Cc1ccccc1.CCC(F)(F)C[N-]Cc1ccccc1.CC[N-]Cc1ccccc1. The first-order valence-electron chi connectivity index (χ1n) is 35.9. The summed E-state index contributed by atoms with van der Waals surface area (Å²) in [5.41, 5.74) is 10.4. The molecule has 0 unspecified atom stereocenters. The Balaban J connectivity index is 0.000000643. The molecule has 0 bridgehead atoms. The van der Waals surface area contributed by atoms with Crippen molar-refractivity contribution in [3.8, 4) is 0 Å². The molecule has 0 aliphatic carbocycles. The van der Waals surface area contributed by atoms with Gasteiger partial charge in [-0.15, -0.1) is 55.5 Å². The molecule has 0 saturated heterocycles. The molecule has 24 heteroatoms. The summed E-state index contributed by atoms with van der Waals surface area (Å²) in [6, 6.07) is 66.4. The van der Waals surface area contributed by atoms with E-state index in [1.807, 2.05) is 116 Å². The van der Waals surface area contributed by atoms with Crippen molar-refractivity contribution < 1.29 is 70.2 Å². The molecule has 616 valence electrons. The molecule has 0 radical (unpaired) electrons. The van der Waals surface area contributed by atoms with Crippen molar-refractivity contribution in [2.45, 2.75) is 155 Å². The molecule has 0 fully saturated rings. The van der Waals surface area contributed by atoms with E-state index in [4.69, 9.17) is 0 Å². The van der Waals surface area contributed by atoms with Crippen LogP contribution in [0.25, 0.3) is 66.8 Å². The van der Waals surface area contributed by atoms with E-state index in [-0.39, 0.29) is 25.9 Å². The lowest BCUT2D eigenvalue weighted by Gasteiger charge is -2.29. The molecule has 0 N–H and O–H groups in total. The van der Waals surface area contributed by atoms with Crippen molar-refractivity contribution in [3.05, 3.63) is 332 Å². The maximum atomic E-state index is 13.2. The Kier molecular flexibility index (Phi) is 48.1. The molecule has 0 spiro atoms. The standard InChI is InChI=1S/C13H14F4N.C12H14F4N.C12H14F2N.C11H12F2N.C11H14F2N.C10H12F2N.C10H12N.C9H12N/c1-3-10-4-6-11(7-5-10)18-9-13(16,17)8-12(2,14)15;1-11(13,14)8-12(15,16)9-17-7-10-5-3-2-4-6-10;1-3-10-5-7-11(8-6-10)15-9-12(13,14)4-2;1-3-9-4-6-10(7-5-9)14-8-11(2,12)13;1-2-11(12,13)9-14-8-10-6-4-3-5-7-10;1-10(11,12)8-13-7-9-5-3-2-4-6-9;1-3-9-5-7-10(8-6-9)11-4-2;1-2-10-8-9-6-4-3-5-7-9/h3-7H,1,8-9H2,2H3;2-6H,7-9H2,1H3;3,5-8H,1,4,9H2,2H3;3-7H,1,8H2,2H3;3-7H,2,8-9H2,1H3;2-6H,7-8H2,1H3;3,5-8H,1,4H2,2H3;3-7H,2,8H2,1H3/q8*-1. The highest BCUT2D eigenvalue weighted by atomic mass is 19.3. The molecular formula is C88H104F16N8-8. The maximum Gasteiger partial charge on any atom is 0.251 e. The van der Waals surface area contributed by atoms with E-state index < -0.39 is 92.9 Å². The molecule has 0 heterocycles. The summed E-state index contributed by atoms with van der Waals surface area (Å²) in [6.45, 7) is 24.1. The van der Waals surface area contributed by atoms with Gasteiger partial charge in [0.2, 0.25) is 35.5 Å². The Bertz CT molecular complexity index is 3700. The summed E-state index contributed by atoms with van der Waals surface area (Å²) in [7, 11) is 0. The van der Waals surface area contributed by atoms with Crippen LogP contribution in [0.15, 0.2) is 245 Å². The highest BCUT2D eigenvalue weighted by Gasteiger charge is 2.38. The van der Waals surface area contributed by atoms with Gasteiger partial charge in [0, 0.05) is 12.8 Å². The van der Waals surface area contributed by atoms with Gasteiger partial charge in [0.05, 0.1) is 12.8 Å². The molecule has 8 nitrogen and oxygen atoms in total. The van der Waals surface area contributed by atoms with E-state index in [1.165, 1.54) is 31.5 Å². The number of nitrogens with zero attached hydrogens (tertiary/aromatic N) is 8. The van der Waals surface area contributed by atoms with Crippen molar-refractivity contribution in [2.75, 3.05) is 52.4 Å². The van der Waals surface area contributed by atoms with Gasteiger partial charge in [-0.25, -0.2) is 70.2 Å². The van der Waals surface area contributed by atoms with Crippen LogP contribution in [0.1, 0.15) is 126 Å². The first-order valence-corrected chi connectivity index (χ1v) is 35.9. The maximum absolute atomic E-state index is 13.2. The van der Waals surface area contributed by atoms with Gasteiger partial charge in [0.1, 0.15) is 0 Å². The van der Waals surface area contributed by atoms with Crippen LogP contribution in [0.2, 0.25) is 0 Å². The number of halogens is 16. The molecule has 8 rings (SSSR count). The molecular weight excluding hydrogens is 1470 g/mol. The number of hydrogen-bond donors (Lipinski definition) is 0. The smallest absolute Gasteiger partial charge is 0.251 e. The molecule has 112 heavy (non-hydrogen) atoms. The van der Waals surface area contributed by atoms with Crippen LogP contribution >= 0.6 is 0 Å². The van der Waals surface area contributed by atoms with Crippen LogP contribution < -0.4 is 0 Å². The summed E-state index contributed by atoms with van der Waals surface area (Å²) in [6.07, 6.45) is 3.55. The van der Waals surface area contributed by atoms with Gasteiger partial charge < -0.3 is 42.5 Å². The third kappa shape index (κ3) is 55.1. The van der Waals surface area contributed by atoms with Crippen molar-refractivity contribution >= 4 is 47.1 Å². The van der Waals surface area contributed by atoms with Gasteiger partial charge in [-0.1, -0.05) is 358 Å². The second-order valence-electron chi connectivity index (χ2n) is 25.6. The number of benzene rings is 8. The third-order valence-corrected chi connectivity index (χ3v) is 14.4. The summed E-state index contributed by atoms with van der Waals surface area (Å²) in [5.74, 6) is -24.5. The Morgan fingerprint density at radius 1 is 0.250 bits per heavy atom. The van der Waals surface area contributed by atoms with E-state index in [9.17, 15) is 70.2 Å². The summed E-state index contributed by atoms with van der Waals surface area (Å²) >= 11 is 0. The first kappa shape index (κ1) is 101. The molecule has 0 aromatic heterocycles. The van der Waals surface area contributed by atoms with Gasteiger partial charge in [0.15, 0.2) is 0 Å². The minimum Gasteiger partial charge on any atom is -0.685 e. The van der Waals surface area contributed by atoms with E-state index in [2.05, 4.69) is 87.9 Å². The molecule has 8 aromatic rings. The lowest BCUT2D eigenvalue weighted by Crippen LogP contribution is -2.29. The van der Waals surface area contributed by atoms with Crippen LogP contribution in [-0.2, 0) is 26.2 Å². The van der Waals surface area contributed by atoms with Gasteiger partial charge in [0.25, 0.3) is 11.8 Å². The Labute approximate surface area is 653 Å². The predicted octanol–water partition coefficient (Wildman–Crippen LogP) is 30.4. The fourth-order valence-electron chi connectivity index (χ4n) is 8.59. The van der Waals surface area contributed by atoms with Crippen LogP contribution in [0.3, 0.4) is 0 Å². The van der Waals surface area contributed by atoms with Crippen molar-refractivity contribution in [1.29, 1.82) is 0 Å². The summed E-state index contributed by atoms with van der Waals surface area (Å²) in [5, 5.41) is 30.9. The largest absolute Gasteiger partial charge is 0.685 e. The summed E-state index contributed by atoms with van der Waals surface area (Å²) < 4.78 is 203. The minimum absolute atomic E-state index is 0.117. The van der Waals surface area contributed by atoms with E-state index in [0.29, 0.717) is 44.0 Å². The average molecular weight is 1580 g/mol. The lowest BCUT2D eigenvalue weighted by atomic mass is 10.1. The fraction of sp³-hybridized carbons (Fsp3) is 0.364. The zero-order valence-electron chi connectivity index (χ0n) is 64.9. The highest BCUT2D eigenvalue weighted by Crippen LogP contribution is 2.35. The fourth-order valence-corrected chi connectivity index (χ4v) is 8.59. The Morgan fingerprint density at radius 2 is 0.482 bits per heavy atom. The average Bonchev–Trinajstić information content (AvgIpc) is 0.875. The van der Waals surface area contributed by atoms with E-state index >= 15 is 0 Å². The predicted molar refractivity (Wildman–Crippen MR) is 435 cm³/mol. The van der Waals surface area contributed by atoms with Crippen LogP contribution in [0, 0.1) is 0 Å². The Hall–Kier alpha value is -9.36. The van der Waals surface area contributed by atoms with Crippen LogP contribution in [0.5, 0.6) is 0 Å². The minimum atomic E-state index is -3.50. The van der Waals surface area contributed by atoms with Gasteiger partial charge in [-0.05, 0) is 49.9 Å². The second-order valence-corrected chi connectivity index (χ2v) is 25.6. The third-order valence-electron chi connectivity index (χ3n) is 14.4. The lowest BCUT2D eigenvalue weighted by molar-refractivity contribution is -0.0929. The molecule has 0 saturated carbocycles. The van der Waals surface area contributed by atoms with Gasteiger partial charge in [-0.2, -0.15) is 6.54 Å². The quantitative estimate of drug-likeness (QED) is 0.0348. The van der Waals surface area contributed by atoms with Crippen molar-refractivity contribution in [2.24, 2.45) is 0 Å². The second kappa shape index (κ2) is 53.6. The van der Waals surface area contributed by atoms with Crippen LogP contribution in [-0.4, -0.2) is 99.7 Å². The Morgan fingerprint density at radius 3 is 0.732 bits per heavy atom. The monoisotopic (exact) mass is 1580 g/mol. The summed E-state index contributed by atoms with van der Waals surface area (Å²) in [4.78, 5) is 0. The molecule has 0 atom stereocenters. The van der Waals surface area contributed by atoms with E-state index in [1.54, 1.807) is 109 Å². The topological polar surface area (TPSA) is 113 Å². The number of alkyl halides is 16. The normalized spacial score (nSPS) is 11.4. The zero-order valence-corrected chi connectivity index (χ0v) is 64.9. The molecule has 0 aliphatic rings. The van der Waals surface area contributed by atoms with Crippen molar-refractivity contribution in [3.63, 3.8) is 0 Å². The molecule has 0 aliphatic heterocycles. The number of hydrogen-bond acceptors (Lipinski definition) is 0. The highest BCUT2D eigenvalue weighted by molar-refractivity contribution is 5.59.